The number of rotatable bonds is 8. The van der Waals surface area contributed by atoms with Crippen LogP contribution in [0.3, 0.4) is 0 Å². The molecule has 32 heavy (non-hydrogen) atoms. The summed E-state index contributed by atoms with van der Waals surface area (Å²) in [7, 11) is -3.82. The Morgan fingerprint density at radius 2 is 1.75 bits per heavy atom. The Labute approximate surface area is 191 Å². The van der Waals surface area contributed by atoms with Crippen molar-refractivity contribution in [3.8, 4) is 0 Å². The zero-order chi connectivity index (χ0) is 23.4. The van der Waals surface area contributed by atoms with Gasteiger partial charge >= 0.3 is 0 Å². The number of ether oxygens (including phenoxy) is 1. The normalized spacial score (nSPS) is 16.9. The molecule has 2 aromatic carbocycles. The summed E-state index contributed by atoms with van der Waals surface area (Å²) in [6.07, 6.45) is 0.876. The van der Waals surface area contributed by atoms with Crippen LogP contribution in [0.15, 0.2) is 47.4 Å². The van der Waals surface area contributed by atoms with Gasteiger partial charge in [-0.2, -0.15) is 0 Å². The summed E-state index contributed by atoms with van der Waals surface area (Å²) in [5, 5.41) is 3.03. The Kier molecular flexibility index (Phi) is 7.59. The SMILES string of the molecule is CCC(C)(CNC(=O)c1cc(S(=O)(=O)Nc2ccc(C)cc2)ccc1C)N1CCOCC1. The largest absolute Gasteiger partial charge is 0.379 e. The van der Waals surface area contributed by atoms with Crippen molar-refractivity contribution in [3.63, 3.8) is 0 Å². The van der Waals surface area contributed by atoms with E-state index in [1.54, 1.807) is 25.1 Å². The number of carbonyl (C=O) groups is 1. The maximum absolute atomic E-state index is 13.0. The standard InChI is InChI=1S/C24H33N3O4S/c1-5-24(4,27-12-14-31-15-13-27)17-25-23(28)22-16-21(11-8-19(22)3)32(29,30)26-20-9-6-18(2)7-10-20/h6-11,16,26H,5,12-15,17H2,1-4H3,(H,25,28). The van der Waals surface area contributed by atoms with Crippen molar-refractivity contribution >= 4 is 21.6 Å². The van der Waals surface area contributed by atoms with E-state index >= 15 is 0 Å². The van der Waals surface area contributed by atoms with E-state index in [-0.39, 0.29) is 16.3 Å². The summed E-state index contributed by atoms with van der Waals surface area (Å²) >= 11 is 0. The first kappa shape index (κ1) is 24.2. The highest BCUT2D eigenvalue weighted by atomic mass is 32.2. The molecule has 1 heterocycles. The molecule has 0 spiro atoms. The minimum Gasteiger partial charge on any atom is -0.379 e. The summed E-state index contributed by atoms with van der Waals surface area (Å²) < 4.78 is 33.8. The summed E-state index contributed by atoms with van der Waals surface area (Å²) in [6, 6.07) is 11.7. The minimum absolute atomic E-state index is 0.0558. The molecule has 1 aliphatic rings. The number of nitrogens with one attached hydrogen (secondary N) is 2. The zero-order valence-electron chi connectivity index (χ0n) is 19.3. The third-order valence-electron chi connectivity index (χ3n) is 6.23. The molecule has 3 rings (SSSR count). The molecule has 1 unspecified atom stereocenters. The van der Waals surface area contributed by atoms with E-state index in [1.807, 2.05) is 19.1 Å². The number of hydrogen-bond acceptors (Lipinski definition) is 5. The number of nitrogens with zero attached hydrogens (tertiary/aromatic N) is 1. The van der Waals surface area contributed by atoms with Crippen molar-refractivity contribution in [3.05, 3.63) is 59.2 Å². The van der Waals surface area contributed by atoms with Crippen LogP contribution in [0, 0.1) is 13.8 Å². The van der Waals surface area contributed by atoms with E-state index in [9.17, 15) is 13.2 Å². The van der Waals surface area contributed by atoms with Gasteiger partial charge in [0.05, 0.1) is 18.1 Å². The molecule has 0 aliphatic carbocycles. The van der Waals surface area contributed by atoms with E-state index < -0.39 is 10.0 Å². The molecule has 1 fully saturated rings. The molecule has 0 saturated carbocycles. The van der Waals surface area contributed by atoms with Crippen LogP contribution in [0.1, 0.15) is 41.8 Å². The molecule has 0 radical (unpaired) electrons. The molecule has 0 aromatic heterocycles. The lowest BCUT2D eigenvalue weighted by atomic mass is 9.95. The summed E-state index contributed by atoms with van der Waals surface area (Å²) in [4.78, 5) is 15.4. The number of benzene rings is 2. The van der Waals surface area contributed by atoms with E-state index in [0.717, 1.165) is 30.6 Å². The van der Waals surface area contributed by atoms with Crippen LogP contribution in [-0.2, 0) is 14.8 Å². The number of anilines is 1. The van der Waals surface area contributed by atoms with Crippen molar-refractivity contribution in [1.82, 2.24) is 10.2 Å². The van der Waals surface area contributed by atoms with Gasteiger partial charge in [-0.3, -0.25) is 14.4 Å². The molecule has 1 saturated heterocycles. The van der Waals surface area contributed by atoms with Gasteiger partial charge in [-0.25, -0.2) is 8.42 Å². The van der Waals surface area contributed by atoms with E-state index in [2.05, 4.69) is 28.8 Å². The van der Waals surface area contributed by atoms with Crippen LogP contribution in [0.25, 0.3) is 0 Å². The fraction of sp³-hybridized carbons (Fsp3) is 0.458. The highest BCUT2D eigenvalue weighted by Gasteiger charge is 2.32. The topological polar surface area (TPSA) is 87.7 Å². The molecular formula is C24H33N3O4S. The highest BCUT2D eigenvalue weighted by molar-refractivity contribution is 7.92. The molecule has 7 nitrogen and oxygen atoms in total. The van der Waals surface area contributed by atoms with Gasteiger partial charge in [-0.15, -0.1) is 0 Å². The predicted molar refractivity (Wildman–Crippen MR) is 127 cm³/mol. The lowest BCUT2D eigenvalue weighted by Gasteiger charge is -2.43. The molecule has 2 aromatic rings. The van der Waals surface area contributed by atoms with Gasteiger partial charge in [0, 0.05) is 36.4 Å². The molecule has 2 N–H and O–H groups in total. The van der Waals surface area contributed by atoms with Gasteiger partial charge in [-0.1, -0.05) is 30.7 Å². The summed E-state index contributed by atoms with van der Waals surface area (Å²) in [6.45, 7) is 11.5. The first-order valence-electron chi connectivity index (χ1n) is 11.0. The van der Waals surface area contributed by atoms with Gasteiger partial charge in [0.2, 0.25) is 0 Å². The Morgan fingerprint density at radius 1 is 1.09 bits per heavy atom. The Hall–Kier alpha value is -2.42. The van der Waals surface area contributed by atoms with Crippen molar-refractivity contribution in [2.24, 2.45) is 0 Å². The monoisotopic (exact) mass is 459 g/mol. The van der Waals surface area contributed by atoms with Crippen molar-refractivity contribution in [2.75, 3.05) is 37.6 Å². The van der Waals surface area contributed by atoms with Crippen molar-refractivity contribution in [1.29, 1.82) is 0 Å². The summed E-state index contributed by atoms with van der Waals surface area (Å²) in [5.41, 5.74) is 2.41. The fourth-order valence-corrected chi connectivity index (χ4v) is 4.86. The van der Waals surface area contributed by atoms with E-state index in [1.165, 1.54) is 12.1 Å². The van der Waals surface area contributed by atoms with E-state index in [4.69, 9.17) is 4.74 Å². The lowest BCUT2D eigenvalue weighted by molar-refractivity contribution is -0.0169. The quantitative estimate of drug-likeness (QED) is 0.632. The van der Waals surface area contributed by atoms with Gasteiger partial charge in [-0.05, 0) is 57.0 Å². The molecule has 8 heteroatoms. The Balaban J connectivity index is 1.75. The second kappa shape index (κ2) is 10.0. The number of carbonyl (C=O) groups excluding carboxylic acids is 1. The predicted octanol–water partition coefficient (Wildman–Crippen LogP) is 3.33. The fourth-order valence-electron chi connectivity index (χ4n) is 3.78. The van der Waals surface area contributed by atoms with Crippen molar-refractivity contribution < 1.29 is 17.9 Å². The van der Waals surface area contributed by atoms with Crippen LogP contribution in [0.4, 0.5) is 5.69 Å². The van der Waals surface area contributed by atoms with E-state index in [0.29, 0.717) is 31.0 Å². The average molecular weight is 460 g/mol. The smallest absolute Gasteiger partial charge is 0.261 e. The second-order valence-corrected chi connectivity index (χ2v) is 10.3. The average Bonchev–Trinajstić information content (AvgIpc) is 2.79. The number of hydrogen-bond donors (Lipinski definition) is 2. The third-order valence-corrected chi connectivity index (χ3v) is 7.61. The van der Waals surface area contributed by atoms with Crippen LogP contribution >= 0.6 is 0 Å². The first-order chi connectivity index (χ1) is 15.1. The Morgan fingerprint density at radius 3 is 2.38 bits per heavy atom. The molecule has 174 valence electrons. The first-order valence-corrected chi connectivity index (χ1v) is 12.4. The number of morpholine rings is 1. The molecule has 0 bridgehead atoms. The number of aryl methyl sites for hydroxylation is 2. The van der Waals surface area contributed by atoms with Crippen molar-refractivity contribution in [2.45, 2.75) is 44.6 Å². The Bertz CT molecular complexity index is 1050. The maximum Gasteiger partial charge on any atom is 0.261 e. The minimum atomic E-state index is -3.82. The van der Waals surface area contributed by atoms with Crippen LogP contribution in [-0.4, -0.2) is 57.6 Å². The van der Waals surface area contributed by atoms with Crippen LogP contribution in [0.2, 0.25) is 0 Å². The highest BCUT2D eigenvalue weighted by Crippen LogP contribution is 2.22. The third kappa shape index (κ3) is 5.68. The van der Waals surface area contributed by atoms with Crippen LogP contribution < -0.4 is 10.0 Å². The molecular weight excluding hydrogens is 426 g/mol. The number of amides is 1. The zero-order valence-corrected chi connectivity index (χ0v) is 20.1. The summed E-state index contributed by atoms with van der Waals surface area (Å²) in [5.74, 6) is -0.275. The number of sulfonamides is 1. The molecule has 1 aliphatic heterocycles. The second-order valence-electron chi connectivity index (χ2n) is 8.58. The van der Waals surface area contributed by atoms with Gasteiger partial charge in [0.1, 0.15) is 0 Å². The lowest BCUT2D eigenvalue weighted by Crippen LogP contribution is -2.56. The molecule has 1 atom stereocenters. The maximum atomic E-state index is 13.0. The van der Waals surface area contributed by atoms with Gasteiger partial charge < -0.3 is 10.1 Å². The van der Waals surface area contributed by atoms with Gasteiger partial charge in [0.15, 0.2) is 0 Å². The van der Waals surface area contributed by atoms with Gasteiger partial charge in [0.25, 0.3) is 15.9 Å². The van der Waals surface area contributed by atoms with Crippen LogP contribution in [0.5, 0.6) is 0 Å². The molecule has 1 amide bonds.